The van der Waals surface area contributed by atoms with E-state index >= 15 is 0 Å². The van der Waals surface area contributed by atoms with Crippen molar-refractivity contribution in [3.05, 3.63) is 0 Å². The van der Waals surface area contributed by atoms with E-state index in [0.717, 1.165) is 51.4 Å². The predicted molar refractivity (Wildman–Crippen MR) is 99.0 cm³/mol. The summed E-state index contributed by atoms with van der Waals surface area (Å²) in [5, 5.41) is -0.629. The van der Waals surface area contributed by atoms with Crippen LogP contribution in [0.3, 0.4) is 0 Å². The molecule has 3 nitrogen and oxygen atoms in total. The monoisotopic (exact) mass is 357 g/mol. The molecule has 0 aromatic heterocycles. The van der Waals surface area contributed by atoms with Crippen molar-refractivity contribution in [2.75, 3.05) is 0 Å². The third-order valence-corrected chi connectivity index (χ3v) is 7.95. The van der Waals surface area contributed by atoms with Crippen LogP contribution in [0.15, 0.2) is 0 Å². The molecule has 0 N–H and O–H groups in total. The van der Waals surface area contributed by atoms with Gasteiger partial charge < -0.3 is 4.55 Å². The van der Waals surface area contributed by atoms with Crippen molar-refractivity contribution in [3.63, 3.8) is 0 Å². The molecule has 2 rings (SSSR count). The highest BCUT2D eigenvalue weighted by Gasteiger charge is 2.42. The lowest BCUT2D eigenvalue weighted by molar-refractivity contribution is 0.145. The van der Waals surface area contributed by atoms with Crippen molar-refractivity contribution in [3.8, 4) is 0 Å². The number of hydrogen-bond acceptors (Lipinski definition) is 3. The molecule has 2 aliphatic carbocycles. The highest BCUT2D eigenvalue weighted by Crippen LogP contribution is 2.47. The van der Waals surface area contributed by atoms with E-state index in [0.29, 0.717) is 6.42 Å². The molecule has 0 aliphatic heterocycles. The van der Waals surface area contributed by atoms with E-state index in [2.05, 4.69) is 0 Å². The molecule has 0 saturated heterocycles. The maximum atomic E-state index is 12.1. The SMILES string of the molecule is O=S(=O)([O-])C1CCCCCCCCCCCCCC12CCCCC2. The van der Waals surface area contributed by atoms with Gasteiger partial charge in [-0.05, 0) is 31.1 Å². The summed E-state index contributed by atoms with van der Waals surface area (Å²) in [4.78, 5) is 0. The summed E-state index contributed by atoms with van der Waals surface area (Å²) in [6.45, 7) is 0. The van der Waals surface area contributed by atoms with Crippen LogP contribution < -0.4 is 0 Å². The van der Waals surface area contributed by atoms with Gasteiger partial charge in [0.25, 0.3) is 0 Å². The van der Waals surface area contributed by atoms with Gasteiger partial charge in [-0.25, -0.2) is 8.42 Å². The maximum absolute atomic E-state index is 12.1. The van der Waals surface area contributed by atoms with Gasteiger partial charge in [0.2, 0.25) is 0 Å². The Hall–Kier alpha value is -0.0900. The molecule has 1 atom stereocenters. The summed E-state index contributed by atoms with van der Waals surface area (Å²) in [5.74, 6) is 0. The fourth-order valence-corrected chi connectivity index (χ4v) is 6.56. The van der Waals surface area contributed by atoms with E-state index in [1.54, 1.807) is 0 Å². The van der Waals surface area contributed by atoms with Crippen LogP contribution in [-0.2, 0) is 10.1 Å². The summed E-state index contributed by atoms with van der Waals surface area (Å²) in [5.41, 5.74) is -0.209. The zero-order valence-electron chi connectivity index (χ0n) is 15.4. The van der Waals surface area contributed by atoms with Crippen molar-refractivity contribution >= 4 is 10.1 Å². The van der Waals surface area contributed by atoms with E-state index in [4.69, 9.17) is 0 Å². The van der Waals surface area contributed by atoms with E-state index < -0.39 is 15.4 Å². The third kappa shape index (κ3) is 6.33. The Morgan fingerprint density at radius 3 is 1.33 bits per heavy atom. The first-order valence-electron chi connectivity index (χ1n) is 10.5. The minimum Gasteiger partial charge on any atom is -0.748 e. The van der Waals surface area contributed by atoms with Gasteiger partial charge in [-0.3, -0.25) is 0 Å². The Balaban J connectivity index is 2.09. The Morgan fingerprint density at radius 2 is 0.917 bits per heavy atom. The Kier molecular flexibility index (Phi) is 8.56. The van der Waals surface area contributed by atoms with E-state index in [1.165, 1.54) is 57.8 Å². The molecule has 1 spiro atoms. The molecule has 0 radical (unpaired) electrons. The number of hydrogen-bond donors (Lipinski definition) is 0. The molecule has 4 heteroatoms. The van der Waals surface area contributed by atoms with Crippen LogP contribution in [0.25, 0.3) is 0 Å². The average Bonchev–Trinajstić information content (AvgIpc) is 2.55. The molecule has 2 saturated carbocycles. The molecular formula is C20H37O3S-. The summed E-state index contributed by atoms with van der Waals surface area (Å²) in [6.07, 6.45) is 20.2. The van der Waals surface area contributed by atoms with Crippen LogP contribution in [0.1, 0.15) is 116 Å². The first-order chi connectivity index (χ1) is 11.5. The smallest absolute Gasteiger partial charge is 0.0980 e. The summed E-state index contributed by atoms with van der Waals surface area (Å²) < 4.78 is 36.3. The Morgan fingerprint density at radius 1 is 0.583 bits per heavy atom. The molecule has 1 unspecified atom stereocenters. The lowest BCUT2D eigenvalue weighted by Gasteiger charge is -2.45. The van der Waals surface area contributed by atoms with Gasteiger partial charge in [0.05, 0.1) is 15.4 Å². The van der Waals surface area contributed by atoms with E-state index in [1.807, 2.05) is 0 Å². The van der Waals surface area contributed by atoms with Crippen LogP contribution in [0.2, 0.25) is 0 Å². The van der Waals surface area contributed by atoms with Crippen molar-refractivity contribution < 1.29 is 13.0 Å². The van der Waals surface area contributed by atoms with Crippen molar-refractivity contribution in [2.45, 2.75) is 121 Å². The summed E-state index contributed by atoms with van der Waals surface area (Å²) in [7, 11) is -4.20. The van der Waals surface area contributed by atoms with E-state index in [-0.39, 0.29) is 5.41 Å². The molecule has 0 amide bonds. The van der Waals surface area contributed by atoms with Crippen molar-refractivity contribution in [1.29, 1.82) is 0 Å². The second kappa shape index (κ2) is 10.2. The zero-order chi connectivity index (χ0) is 17.3. The second-order valence-electron chi connectivity index (χ2n) is 8.33. The minimum absolute atomic E-state index is 0.209. The lowest BCUT2D eigenvalue weighted by atomic mass is 9.67. The molecule has 2 fully saturated rings. The molecule has 24 heavy (non-hydrogen) atoms. The highest BCUT2D eigenvalue weighted by atomic mass is 32.2. The summed E-state index contributed by atoms with van der Waals surface area (Å²) in [6, 6.07) is 0. The molecule has 2 aliphatic rings. The largest absolute Gasteiger partial charge is 0.748 e. The van der Waals surface area contributed by atoms with Crippen LogP contribution >= 0.6 is 0 Å². The van der Waals surface area contributed by atoms with Gasteiger partial charge in [-0.1, -0.05) is 89.9 Å². The minimum atomic E-state index is -4.20. The Bertz CT molecular complexity index is 438. The molecule has 142 valence electrons. The van der Waals surface area contributed by atoms with E-state index in [9.17, 15) is 13.0 Å². The number of rotatable bonds is 1. The first-order valence-corrected chi connectivity index (χ1v) is 12.0. The second-order valence-corrected chi connectivity index (χ2v) is 9.89. The molecule has 0 aromatic rings. The average molecular weight is 358 g/mol. The third-order valence-electron chi connectivity index (χ3n) is 6.52. The van der Waals surface area contributed by atoms with Crippen molar-refractivity contribution in [2.24, 2.45) is 5.41 Å². The van der Waals surface area contributed by atoms with Gasteiger partial charge >= 0.3 is 0 Å². The van der Waals surface area contributed by atoms with Crippen LogP contribution in [0.4, 0.5) is 0 Å². The normalized spacial score (nSPS) is 28.8. The quantitative estimate of drug-likeness (QED) is 0.546. The van der Waals surface area contributed by atoms with Gasteiger partial charge in [0.1, 0.15) is 0 Å². The molecule has 0 heterocycles. The van der Waals surface area contributed by atoms with Crippen LogP contribution in [0, 0.1) is 5.41 Å². The van der Waals surface area contributed by atoms with Crippen LogP contribution in [0.5, 0.6) is 0 Å². The fraction of sp³-hybridized carbons (Fsp3) is 1.00. The fourth-order valence-electron chi connectivity index (χ4n) is 5.14. The molecule has 0 aromatic carbocycles. The van der Waals surface area contributed by atoms with Crippen LogP contribution in [-0.4, -0.2) is 18.2 Å². The highest BCUT2D eigenvalue weighted by molar-refractivity contribution is 7.86. The Labute approximate surface area is 149 Å². The lowest BCUT2D eigenvalue weighted by Crippen LogP contribution is -2.42. The standard InChI is InChI=1S/C20H38O3S/c21-24(22,23)19-15-11-8-6-4-2-1-3-5-7-9-12-16-20(19)17-13-10-14-18-20/h19H,1-18H2,(H,21,22,23)/p-1. The van der Waals surface area contributed by atoms with Gasteiger partial charge in [-0.15, -0.1) is 0 Å². The molecule has 0 bridgehead atoms. The van der Waals surface area contributed by atoms with Crippen molar-refractivity contribution in [1.82, 2.24) is 0 Å². The topological polar surface area (TPSA) is 57.2 Å². The maximum Gasteiger partial charge on any atom is 0.0980 e. The summed E-state index contributed by atoms with van der Waals surface area (Å²) >= 11 is 0. The van der Waals surface area contributed by atoms with Gasteiger partial charge in [0, 0.05) is 0 Å². The van der Waals surface area contributed by atoms with Gasteiger partial charge in [-0.2, -0.15) is 0 Å². The molecular weight excluding hydrogens is 320 g/mol. The van der Waals surface area contributed by atoms with Gasteiger partial charge in [0.15, 0.2) is 0 Å². The first kappa shape index (κ1) is 20.2. The predicted octanol–water partition coefficient (Wildman–Crippen LogP) is 5.94. The zero-order valence-corrected chi connectivity index (χ0v) is 16.3.